The number of nitrogens with zero attached hydrogens (tertiary/aromatic N) is 4. The SMILES string of the molecule is Cc1nc([C@H]2CCCCN2Cc2cccc(C#N)c2)no1. The molecule has 1 aliphatic rings. The van der Waals surface area contributed by atoms with E-state index in [4.69, 9.17) is 9.78 Å². The predicted molar refractivity (Wildman–Crippen MR) is 77.2 cm³/mol. The molecule has 108 valence electrons. The zero-order valence-corrected chi connectivity index (χ0v) is 12.1. The van der Waals surface area contributed by atoms with E-state index >= 15 is 0 Å². The van der Waals surface area contributed by atoms with Crippen molar-refractivity contribution in [1.29, 1.82) is 5.26 Å². The highest BCUT2D eigenvalue weighted by molar-refractivity contribution is 5.32. The van der Waals surface area contributed by atoms with Gasteiger partial charge in [-0.3, -0.25) is 4.90 Å². The third-order valence-corrected chi connectivity index (χ3v) is 3.90. The number of likely N-dealkylation sites (tertiary alicyclic amines) is 1. The van der Waals surface area contributed by atoms with E-state index in [1.165, 1.54) is 12.8 Å². The van der Waals surface area contributed by atoms with Crippen molar-refractivity contribution in [1.82, 2.24) is 15.0 Å². The third kappa shape index (κ3) is 3.11. The first-order valence-electron chi connectivity index (χ1n) is 7.29. The lowest BCUT2D eigenvalue weighted by Gasteiger charge is -2.33. The van der Waals surface area contributed by atoms with Crippen LogP contribution in [-0.4, -0.2) is 21.6 Å². The van der Waals surface area contributed by atoms with E-state index in [0.717, 1.165) is 30.9 Å². The standard InChI is InChI=1S/C16H18N4O/c1-12-18-16(19-21-12)15-7-2-3-8-20(15)11-14-6-4-5-13(9-14)10-17/h4-6,9,15H,2-3,7-8,11H2,1H3/t15-/m1/s1. The second-order valence-corrected chi connectivity index (χ2v) is 5.47. The quantitative estimate of drug-likeness (QED) is 0.865. The van der Waals surface area contributed by atoms with Crippen LogP contribution in [0.15, 0.2) is 28.8 Å². The van der Waals surface area contributed by atoms with Crippen LogP contribution >= 0.6 is 0 Å². The monoisotopic (exact) mass is 282 g/mol. The predicted octanol–water partition coefficient (Wildman–Crippen LogP) is 2.98. The normalized spacial score (nSPS) is 19.3. The van der Waals surface area contributed by atoms with Crippen molar-refractivity contribution in [2.75, 3.05) is 6.54 Å². The van der Waals surface area contributed by atoms with Gasteiger partial charge in [-0.05, 0) is 37.1 Å². The average Bonchev–Trinajstić information content (AvgIpc) is 2.94. The lowest BCUT2D eigenvalue weighted by molar-refractivity contribution is 0.131. The molecule has 0 unspecified atom stereocenters. The Labute approximate surface area is 124 Å². The van der Waals surface area contributed by atoms with Crippen molar-refractivity contribution in [2.45, 2.75) is 38.8 Å². The molecule has 5 nitrogen and oxygen atoms in total. The zero-order chi connectivity index (χ0) is 14.7. The number of rotatable bonds is 3. The fourth-order valence-corrected chi connectivity index (χ4v) is 2.90. The van der Waals surface area contributed by atoms with Gasteiger partial charge in [-0.1, -0.05) is 23.7 Å². The van der Waals surface area contributed by atoms with Crippen LogP contribution in [0.2, 0.25) is 0 Å². The van der Waals surface area contributed by atoms with Crippen LogP contribution in [0.4, 0.5) is 0 Å². The van der Waals surface area contributed by atoms with Gasteiger partial charge in [0, 0.05) is 13.5 Å². The van der Waals surface area contributed by atoms with Gasteiger partial charge in [0.2, 0.25) is 5.89 Å². The van der Waals surface area contributed by atoms with Crippen LogP contribution in [0.5, 0.6) is 0 Å². The van der Waals surface area contributed by atoms with Crippen molar-refractivity contribution in [2.24, 2.45) is 0 Å². The van der Waals surface area contributed by atoms with Crippen LogP contribution in [0.25, 0.3) is 0 Å². The molecule has 1 aliphatic heterocycles. The van der Waals surface area contributed by atoms with E-state index < -0.39 is 0 Å². The minimum absolute atomic E-state index is 0.210. The summed E-state index contributed by atoms with van der Waals surface area (Å²) in [4.78, 5) is 6.77. The molecule has 0 aliphatic carbocycles. The van der Waals surface area contributed by atoms with Crippen molar-refractivity contribution in [3.05, 3.63) is 47.1 Å². The maximum absolute atomic E-state index is 9.00. The molecule has 0 saturated carbocycles. The first kappa shape index (κ1) is 13.8. The van der Waals surface area contributed by atoms with Crippen molar-refractivity contribution < 1.29 is 4.52 Å². The van der Waals surface area contributed by atoms with E-state index in [0.29, 0.717) is 11.5 Å². The summed E-state index contributed by atoms with van der Waals surface area (Å²) in [5, 5.41) is 13.1. The van der Waals surface area contributed by atoms with Crippen LogP contribution < -0.4 is 0 Å². The Hall–Kier alpha value is -2.19. The Morgan fingerprint density at radius 2 is 2.33 bits per heavy atom. The highest BCUT2D eigenvalue weighted by Crippen LogP contribution is 2.30. The van der Waals surface area contributed by atoms with Crippen molar-refractivity contribution in [3.63, 3.8) is 0 Å². The van der Waals surface area contributed by atoms with Gasteiger partial charge in [0.25, 0.3) is 0 Å². The first-order chi connectivity index (χ1) is 10.3. The fraction of sp³-hybridized carbons (Fsp3) is 0.438. The highest BCUT2D eigenvalue weighted by atomic mass is 16.5. The molecule has 0 radical (unpaired) electrons. The summed E-state index contributed by atoms with van der Waals surface area (Å²) in [6.45, 7) is 3.66. The van der Waals surface area contributed by atoms with E-state index in [1.807, 2.05) is 25.1 Å². The molecule has 0 N–H and O–H groups in total. The summed E-state index contributed by atoms with van der Waals surface area (Å²) >= 11 is 0. The number of benzene rings is 1. The second kappa shape index (κ2) is 6.06. The van der Waals surface area contributed by atoms with Gasteiger partial charge in [0.05, 0.1) is 17.7 Å². The largest absolute Gasteiger partial charge is 0.340 e. The molecular weight excluding hydrogens is 264 g/mol. The molecule has 1 aromatic heterocycles. The summed E-state index contributed by atoms with van der Waals surface area (Å²) in [5.74, 6) is 1.39. The van der Waals surface area contributed by atoms with Crippen LogP contribution in [0, 0.1) is 18.3 Å². The zero-order valence-electron chi connectivity index (χ0n) is 12.1. The molecule has 2 heterocycles. The van der Waals surface area contributed by atoms with Gasteiger partial charge in [-0.2, -0.15) is 10.2 Å². The number of hydrogen-bond donors (Lipinski definition) is 0. The molecule has 5 heteroatoms. The van der Waals surface area contributed by atoms with Crippen LogP contribution in [0.1, 0.15) is 48.1 Å². The average molecular weight is 282 g/mol. The Morgan fingerprint density at radius 3 is 3.10 bits per heavy atom. The van der Waals surface area contributed by atoms with Gasteiger partial charge in [-0.15, -0.1) is 0 Å². The number of piperidine rings is 1. The molecular formula is C16H18N4O. The number of aryl methyl sites for hydroxylation is 1. The van der Waals surface area contributed by atoms with E-state index in [9.17, 15) is 0 Å². The van der Waals surface area contributed by atoms with Crippen molar-refractivity contribution in [3.8, 4) is 6.07 Å². The molecule has 21 heavy (non-hydrogen) atoms. The molecule has 1 aromatic carbocycles. The van der Waals surface area contributed by atoms with Crippen molar-refractivity contribution >= 4 is 0 Å². The molecule has 2 aromatic rings. The van der Waals surface area contributed by atoms with Gasteiger partial charge in [0.15, 0.2) is 5.82 Å². The molecule has 1 atom stereocenters. The Bertz CT molecular complexity index is 658. The molecule has 0 spiro atoms. The van der Waals surface area contributed by atoms with Gasteiger partial charge in [0.1, 0.15) is 0 Å². The van der Waals surface area contributed by atoms with Crippen LogP contribution in [-0.2, 0) is 6.54 Å². The molecule has 0 amide bonds. The topological polar surface area (TPSA) is 66.0 Å². The smallest absolute Gasteiger partial charge is 0.223 e. The third-order valence-electron chi connectivity index (χ3n) is 3.90. The summed E-state index contributed by atoms with van der Waals surface area (Å²) in [7, 11) is 0. The van der Waals surface area contributed by atoms with E-state index in [-0.39, 0.29) is 6.04 Å². The molecule has 3 rings (SSSR count). The lowest BCUT2D eigenvalue weighted by atomic mass is 10.00. The van der Waals surface area contributed by atoms with Gasteiger partial charge < -0.3 is 4.52 Å². The first-order valence-corrected chi connectivity index (χ1v) is 7.29. The highest BCUT2D eigenvalue weighted by Gasteiger charge is 2.27. The number of aromatic nitrogens is 2. The van der Waals surface area contributed by atoms with E-state index in [2.05, 4.69) is 27.2 Å². The Kier molecular flexibility index (Phi) is 3.98. The number of nitriles is 1. The number of hydrogen-bond acceptors (Lipinski definition) is 5. The van der Waals surface area contributed by atoms with E-state index in [1.54, 1.807) is 0 Å². The van der Waals surface area contributed by atoms with Gasteiger partial charge in [-0.25, -0.2) is 0 Å². The minimum Gasteiger partial charge on any atom is -0.340 e. The summed E-state index contributed by atoms with van der Waals surface area (Å²) in [6, 6.07) is 10.2. The summed E-state index contributed by atoms with van der Waals surface area (Å²) < 4.78 is 5.12. The van der Waals surface area contributed by atoms with Crippen LogP contribution in [0.3, 0.4) is 0 Å². The molecule has 1 saturated heterocycles. The maximum Gasteiger partial charge on any atom is 0.223 e. The van der Waals surface area contributed by atoms with Gasteiger partial charge >= 0.3 is 0 Å². The summed E-state index contributed by atoms with van der Waals surface area (Å²) in [5.41, 5.74) is 1.86. The fourth-order valence-electron chi connectivity index (χ4n) is 2.90. The lowest BCUT2D eigenvalue weighted by Crippen LogP contribution is -2.33. The summed E-state index contributed by atoms with van der Waals surface area (Å²) in [6.07, 6.45) is 3.43. The molecule has 0 bridgehead atoms. The molecule has 1 fully saturated rings. The Balaban J connectivity index is 1.79. The maximum atomic E-state index is 9.00. The minimum atomic E-state index is 0.210. The Morgan fingerprint density at radius 1 is 1.43 bits per heavy atom. The second-order valence-electron chi connectivity index (χ2n) is 5.47.